The smallest absolute Gasteiger partial charge is 0.255 e. The first-order chi connectivity index (χ1) is 10.4. The zero-order valence-corrected chi connectivity index (χ0v) is 12.0. The van der Waals surface area contributed by atoms with Crippen molar-refractivity contribution in [1.82, 2.24) is 0 Å². The van der Waals surface area contributed by atoms with E-state index in [1.807, 2.05) is 6.92 Å². The molecular formula is C16H14F3NO2. The second kappa shape index (κ2) is 6.51. The third-order valence-electron chi connectivity index (χ3n) is 3.02. The van der Waals surface area contributed by atoms with E-state index in [1.165, 1.54) is 6.07 Å². The normalized spacial score (nSPS) is 10.4. The molecule has 1 amide bonds. The quantitative estimate of drug-likeness (QED) is 0.865. The number of carbonyl (C=O) groups is 1. The largest absolute Gasteiger partial charge is 0.494 e. The molecule has 0 radical (unpaired) electrons. The summed E-state index contributed by atoms with van der Waals surface area (Å²) in [6, 6.07) is 6.41. The first kappa shape index (κ1) is 15.9. The van der Waals surface area contributed by atoms with E-state index < -0.39 is 29.0 Å². The second-order valence-corrected chi connectivity index (χ2v) is 4.59. The van der Waals surface area contributed by atoms with Crippen LogP contribution >= 0.6 is 0 Å². The summed E-state index contributed by atoms with van der Waals surface area (Å²) in [7, 11) is 0. The Morgan fingerprint density at radius 2 is 1.86 bits per heavy atom. The van der Waals surface area contributed by atoms with Gasteiger partial charge in [0.05, 0.1) is 12.3 Å². The zero-order valence-electron chi connectivity index (χ0n) is 12.0. The second-order valence-electron chi connectivity index (χ2n) is 4.59. The first-order valence-electron chi connectivity index (χ1n) is 6.62. The van der Waals surface area contributed by atoms with Crippen LogP contribution in [-0.2, 0) is 0 Å². The van der Waals surface area contributed by atoms with Crippen LogP contribution in [0.2, 0.25) is 0 Å². The highest BCUT2D eigenvalue weighted by Gasteiger charge is 2.16. The number of rotatable bonds is 4. The highest BCUT2D eigenvalue weighted by atomic mass is 19.2. The van der Waals surface area contributed by atoms with Gasteiger partial charge in [-0.1, -0.05) is 0 Å². The van der Waals surface area contributed by atoms with E-state index in [9.17, 15) is 18.0 Å². The molecule has 0 spiro atoms. The maximum atomic E-state index is 13.5. The van der Waals surface area contributed by atoms with Crippen molar-refractivity contribution in [3.63, 3.8) is 0 Å². The number of carbonyl (C=O) groups excluding carboxylic acids is 1. The van der Waals surface area contributed by atoms with Crippen LogP contribution in [0.3, 0.4) is 0 Å². The fourth-order valence-corrected chi connectivity index (χ4v) is 1.93. The third-order valence-corrected chi connectivity index (χ3v) is 3.02. The number of aryl methyl sites for hydroxylation is 1. The monoisotopic (exact) mass is 309 g/mol. The van der Waals surface area contributed by atoms with Crippen molar-refractivity contribution in [3.05, 3.63) is 58.9 Å². The standard InChI is InChI=1S/C16H14F3NO2/c1-3-22-13-7-4-10(8-9(13)2)16(21)20-12-6-5-11(17)14(18)15(12)19/h4-8H,3H2,1-2H3,(H,20,21). The Kier molecular flexibility index (Phi) is 4.70. The van der Waals surface area contributed by atoms with Gasteiger partial charge in [0, 0.05) is 5.56 Å². The molecular weight excluding hydrogens is 295 g/mol. The van der Waals surface area contributed by atoms with E-state index in [4.69, 9.17) is 4.74 Å². The predicted molar refractivity (Wildman–Crippen MR) is 76.6 cm³/mol. The highest BCUT2D eigenvalue weighted by molar-refractivity contribution is 6.04. The first-order valence-corrected chi connectivity index (χ1v) is 6.62. The SMILES string of the molecule is CCOc1ccc(C(=O)Nc2ccc(F)c(F)c2F)cc1C. The topological polar surface area (TPSA) is 38.3 Å². The fraction of sp³-hybridized carbons (Fsp3) is 0.188. The van der Waals surface area contributed by atoms with Gasteiger partial charge < -0.3 is 10.1 Å². The van der Waals surface area contributed by atoms with E-state index in [2.05, 4.69) is 5.32 Å². The summed E-state index contributed by atoms with van der Waals surface area (Å²) in [5.74, 6) is -4.36. The third kappa shape index (κ3) is 3.21. The van der Waals surface area contributed by atoms with Crippen molar-refractivity contribution in [2.24, 2.45) is 0 Å². The Bertz CT molecular complexity index is 717. The molecule has 0 unspecified atom stereocenters. The van der Waals surface area contributed by atoms with Crippen LogP contribution in [-0.4, -0.2) is 12.5 Å². The summed E-state index contributed by atoms with van der Waals surface area (Å²) in [4.78, 5) is 12.0. The van der Waals surface area contributed by atoms with E-state index in [1.54, 1.807) is 19.1 Å². The summed E-state index contributed by atoms with van der Waals surface area (Å²) in [6.07, 6.45) is 0. The molecule has 22 heavy (non-hydrogen) atoms. The maximum Gasteiger partial charge on any atom is 0.255 e. The molecule has 2 aromatic carbocycles. The highest BCUT2D eigenvalue weighted by Crippen LogP contribution is 2.22. The molecule has 2 rings (SSSR count). The number of nitrogens with one attached hydrogen (secondary N) is 1. The Hall–Kier alpha value is -2.50. The van der Waals surface area contributed by atoms with E-state index >= 15 is 0 Å². The Morgan fingerprint density at radius 1 is 1.14 bits per heavy atom. The molecule has 116 valence electrons. The molecule has 1 N–H and O–H groups in total. The maximum absolute atomic E-state index is 13.5. The molecule has 0 bridgehead atoms. The van der Waals surface area contributed by atoms with Gasteiger partial charge in [-0.25, -0.2) is 13.2 Å². The van der Waals surface area contributed by atoms with Gasteiger partial charge in [-0.15, -0.1) is 0 Å². The average Bonchev–Trinajstić information content (AvgIpc) is 2.50. The number of hydrogen-bond donors (Lipinski definition) is 1. The Morgan fingerprint density at radius 3 is 2.50 bits per heavy atom. The lowest BCUT2D eigenvalue weighted by Crippen LogP contribution is -2.14. The van der Waals surface area contributed by atoms with Crippen molar-refractivity contribution < 1.29 is 22.7 Å². The molecule has 6 heteroatoms. The van der Waals surface area contributed by atoms with Gasteiger partial charge in [0.1, 0.15) is 5.75 Å². The van der Waals surface area contributed by atoms with Crippen molar-refractivity contribution in [2.45, 2.75) is 13.8 Å². The summed E-state index contributed by atoms with van der Waals surface area (Å²) in [6.45, 7) is 4.10. The molecule has 0 heterocycles. The predicted octanol–water partition coefficient (Wildman–Crippen LogP) is 4.06. The van der Waals surface area contributed by atoms with E-state index in [0.717, 1.165) is 17.7 Å². The number of benzene rings is 2. The number of amides is 1. The molecule has 0 aliphatic carbocycles. The number of anilines is 1. The molecule has 0 atom stereocenters. The summed E-state index contributed by atoms with van der Waals surface area (Å²) in [5.41, 5.74) is 0.570. The van der Waals surface area contributed by atoms with Crippen LogP contribution in [0.5, 0.6) is 5.75 Å². The lowest BCUT2D eigenvalue weighted by Gasteiger charge is -2.10. The fourth-order valence-electron chi connectivity index (χ4n) is 1.93. The Labute approximate surface area is 125 Å². The number of hydrogen-bond acceptors (Lipinski definition) is 2. The van der Waals surface area contributed by atoms with Gasteiger partial charge in [0.2, 0.25) is 0 Å². The lowest BCUT2D eigenvalue weighted by molar-refractivity contribution is 0.102. The minimum absolute atomic E-state index is 0.255. The lowest BCUT2D eigenvalue weighted by atomic mass is 10.1. The van der Waals surface area contributed by atoms with Crippen LogP contribution < -0.4 is 10.1 Å². The van der Waals surface area contributed by atoms with E-state index in [0.29, 0.717) is 12.4 Å². The number of halogens is 3. The summed E-state index contributed by atoms with van der Waals surface area (Å²) >= 11 is 0. The van der Waals surface area contributed by atoms with E-state index in [-0.39, 0.29) is 5.56 Å². The van der Waals surface area contributed by atoms with Crippen molar-refractivity contribution in [3.8, 4) is 5.75 Å². The molecule has 0 saturated carbocycles. The van der Waals surface area contributed by atoms with Gasteiger partial charge in [-0.3, -0.25) is 4.79 Å². The van der Waals surface area contributed by atoms with Gasteiger partial charge in [0.25, 0.3) is 5.91 Å². The van der Waals surface area contributed by atoms with Crippen LogP contribution in [0.4, 0.5) is 18.9 Å². The average molecular weight is 309 g/mol. The molecule has 0 aliphatic rings. The molecule has 3 nitrogen and oxygen atoms in total. The van der Waals surface area contributed by atoms with Crippen molar-refractivity contribution in [2.75, 3.05) is 11.9 Å². The molecule has 0 aromatic heterocycles. The summed E-state index contributed by atoms with van der Waals surface area (Å²) in [5, 5.41) is 2.21. The van der Waals surface area contributed by atoms with Gasteiger partial charge >= 0.3 is 0 Å². The van der Waals surface area contributed by atoms with Crippen molar-refractivity contribution >= 4 is 11.6 Å². The molecule has 0 saturated heterocycles. The van der Waals surface area contributed by atoms with Crippen molar-refractivity contribution in [1.29, 1.82) is 0 Å². The van der Waals surface area contributed by atoms with Crippen LogP contribution in [0.25, 0.3) is 0 Å². The van der Waals surface area contributed by atoms with Gasteiger partial charge in [-0.05, 0) is 49.7 Å². The number of ether oxygens (including phenoxy) is 1. The van der Waals surface area contributed by atoms with Gasteiger partial charge in [0.15, 0.2) is 17.5 Å². The van der Waals surface area contributed by atoms with Crippen LogP contribution in [0, 0.1) is 24.4 Å². The minimum atomic E-state index is -1.62. The molecule has 2 aromatic rings. The minimum Gasteiger partial charge on any atom is -0.494 e. The molecule has 0 fully saturated rings. The molecule has 0 aliphatic heterocycles. The summed E-state index contributed by atoms with van der Waals surface area (Å²) < 4.78 is 44.9. The zero-order chi connectivity index (χ0) is 16.3. The van der Waals surface area contributed by atoms with Crippen LogP contribution in [0.15, 0.2) is 30.3 Å². The van der Waals surface area contributed by atoms with Gasteiger partial charge in [-0.2, -0.15) is 0 Å². The Balaban J connectivity index is 2.23. The van der Waals surface area contributed by atoms with Crippen LogP contribution in [0.1, 0.15) is 22.8 Å².